The van der Waals surface area contributed by atoms with Crippen molar-refractivity contribution < 1.29 is 4.79 Å². The molecule has 0 aliphatic carbocycles. The average molecular weight is 313 g/mol. The number of amides is 1. The molecule has 1 saturated heterocycles. The summed E-state index contributed by atoms with van der Waals surface area (Å²) in [5.74, 6) is 1.04. The van der Waals surface area contributed by atoms with Gasteiger partial charge in [0.05, 0.1) is 11.7 Å². The number of unbranched alkanes of at least 4 members (excludes halogenated alkanes) is 1. The number of aromatic nitrogens is 2. The lowest BCUT2D eigenvalue weighted by Gasteiger charge is -2.33. The number of rotatable bonds is 6. The molecule has 2 N–H and O–H groups in total. The summed E-state index contributed by atoms with van der Waals surface area (Å²) in [5, 5.41) is 3.30. The summed E-state index contributed by atoms with van der Waals surface area (Å²) < 4.78 is 0. The molecule has 1 aliphatic rings. The lowest BCUT2D eigenvalue weighted by molar-refractivity contribution is -0.127. The van der Waals surface area contributed by atoms with Crippen molar-refractivity contribution in [1.29, 1.82) is 0 Å². The van der Waals surface area contributed by atoms with Gasteiger partial charge in [-0.2, -0.15) is 0 Å². The molecule has 2 heterocycles. The van der Waals surface area contributed by atoms with Crippen molar-refractivity contribution in [2.24, 2.45) is 0 Å². The molecule has 21 heavy (non-hydrogen) atoms. The van der Waals surface area contributed by atoms with Gasteiger partial charge in [0.2, 0.25) is 5.91 Å². The fraction of sp³-hybridized carbons (Fsp3) is 0.733. The van der Waals surface area contributed by atoms with Gasteiger partial charge in [-0.3, -0.25) is 9.69 Å². The van der Waals surface area contributed by atoms with Gasteiger partial charge in [0.1, 0.15) is 5.82 Å². The van der Waals surface area contributed by atoms with E-state index in [0.29, 0.717) is 11.7 Å². The van der Waals surface area contributed by atoms with Crippen LogP contribution in [-0.4, -0.2) is 40.4 Å². The number of nitrogens with one attached hydrogen (secondary N) is 2. The first-order valence-electron chi connectivity index (χ1n) is 7.84. The Morgan fingerprint density at radius 3 is 3.05 bits per heavy atom. The minimum Gasteiger partial charge on any atom is -0.358 e. The molecule has 5 nitrogen and oxygen atoms in total. The second-order valence-electron chi connectivity index (χ2n) is 5.65. The Balaban J connectivity index is 2.04. The van der Waals surface area contributed by atoms with Gasteiger partial charge in [0.15, 0.2) is 5.15 Å². The van der Waals surface area contributed by atoms with Gasteiger partial charge in [0.25, 0.3) is 0 Å². The topological polar surface area (TPSA) is 61.0 Å². The maximum atomic E-state index is 12.0. The number of carbonyl (C=O) groups excluding carboxylic acids is 1. The molecule has 0 radical (unpaired) electrons. The van der Waals surface area contributed by atoms with Crippen LogP contribution < -0.4 is 5.32 Å². The number of piperidine rings is 1. The van der Waals surface area contributed by atoms with Gasteiger partial charge < -0.3 is 10.3 Å². The second-order valence-corrected chi connectivity index (χ2v) is 6.01. The van der Waals surface area contributed by atoms with Gasteiger partial charge in [-0.05, 0) is 25.8 Å². The van der Waals surface area contributed by atoms with Gasteiger partial charge >= 0.3 is 0 Å². The largest absolute Gasteiger partial charge is 0.358 e. The van der Waals surface area contributed by atoms with Crippen LogP contribution in [0.1, 0.15) is 50.5 Å². The summed E-state index contributed by atoms with van der Waals surface area (Å²) in [6.45, 7) is 3.75. The van der Waals surface area contributed by atoms with E-state index in [9.17, 15) is 4.79 Å². The van der Waals surface area contributed by atoms with Crippen LogP contribution in [-0.2, 0) is 17.8 Å². The van der Waals surface area contributed by atoms with E-state index in [1.165, 1.54) is 0 Å². The highest BCUT2D eigenvalue weighted by atomic mass is 35.5. The van der Waals surface area contributed by atoms with Crippen molar-refractivity contribution in [2.75, 3.05) is 13.6 Å². The number of aromatic amines is 1. The third-order valence-electron chi connectivity index (χ3n) is 4.07. The van der Waals surface area contributed by atoms with E-state index in [1.54, 1.807) is 7.05 Å². The van der Waals surface area contributed by atoms with E-state index >= 15 is 0 Å². The smallest absolute Gasteiger partial charge is 0.237 e. The molecule has 1 fully saturated rings. The maximum Gasteiger partial charge on any atom is 0.237 e. The Hall–Kier alpha value is -1.07. The quantitative estimate of drug-likeness (QED) is 0.848. The summed E-state index contributed by atoms with van der Waals surface area (Å²) in [4.78, 5) is 21.9. The Bertz CT molecular complexity index is 474. The molecule has 0 spiro atoms. The van der Waals surface area contributed by atoms with Crippen molar-refractivity contribution >= 4 is 17.5 Å². The Morgan fingerprint density at radius 2 is 2.33 bits per heavy atom. The molecule has 0 unspecified atom stereocenters. The molecule has 0 bridgehead atoms. The van der Waals surface area contributed by atoms with Crippen molar-refractivity contribution in [3.63, 3.8) is 0 Å². The monoisotopic (exact) mass is 312 g/mol. The van der Waals surface area contributed by atoms with E-state index in [2.05, 4.69) is 27.1 Å². The lowest BCUT2D eigenvalue weighted by atomic mass is 10.0. The summed E-state index contributed by atoms with van der Waals surface area (Å²) in [7, 11) is 1.70. The number of likely N-dealkylation sites (tertiary alicyclic amines) is 1. The number of hydrogen-bond donors (Lipinski definition) is 2. The van der Waals surface area contributed by atoms with Crippen LogP contribution in [0, 0.1) is 0 Å². The molecule has 1 aromatic heterocycles. The zero-order chi connectivity index (χ0) is 15.2. The number of carbonyl (C=O) groups is 1. The first-order valence-corrected chi connectivity index (χ1v) is 8.22. The SMILES string of the molecule is CCCCc1nc(Cl)c(CN2CCCC[C@H]2C(=O)NC)[nH]1. The second kappa shape index (κ2) is 7.80. The molecule has 2 rings (SSSR count). The summed E-state index contributed by atoms with van der Waals surface area (Å²) in [6, 6.07) is -0.0535. The molecule has 1 aromatic rings. The molecule has 0 saturated carbocycles. The molecule has 1 aliphatic heterocycles. The normalized spacial score (nSPS) is 19.7. The number of H-pyrrole nitrogens is 1. The number of halogens is 1. The van der Waals surface area contributed by atoms with E-state index in [1.807, 2.05) is 0 Å². The van der Waals surface area contributed by atoms with Gasteiger partial charge in [-0.25, -0.2) is 4.98 Å². The highest BCUT2D eigenvalue weighted by molar-refractivity contribution is 6.30. The molecular formula is C15H25ClN4O. The number of aryl methyl sites for hydroxylation is 1. The van der Waals surface area contributed by atoms with Gasteiger partial charge in [-0.1, -0.05) is 31.4 Å². The highest BCUT2D eigenvalue weighted by Crippen LogP contribution is 2.22. The van der Waals surface area contributed by atoms with Gasteiger partial charge in [-0.15, -0.1) is 0 Å². The molecule has 6 heteroatoms. The van der Waals surface area contributed by atoms with Crippen molar-refractivity contribution in [3.05, 3.63) is 16.7 Å². The van der Waals surface area contributed by atoms with Crippen molar-refractivity contribution in [3.8, 4) is 0 Å². The van der Waals surface area contributed by atoms with Crippen LogP contribution in [0.4, 0.5) is 0 Å². The standard InChI is InChI=1S/C15H25ClN4O/c1-3-4-8-13-18-11(14(16)19-13)10-20-9-6-5-7-12(20)15(21)17-2/h12H,3-10H2,1-2H3,(H,17,21)(H,18,19)/t12-/m0/s1. The number of imidazole rings is 1. The van der Waals surface area contributed by atoms with Crippen LogP contribution in [0.3, 0.4) is 0 Å². The summed E-state index contributed by atoms with van der Waals surface area (Å²) in [5.41, 5.74) is 0.929. The zero-order valence-electron chi connectivity index (χ0n) is 12.9. The van der Waals surface area contributed by atoms with Gasteiger partial charge in [0, 0.05) is 20.0 Å². The molecule has 118 valence electrons. The predicted octanol–water partition coefficient (Wildman–Crippen LogP) is 2.51. The van der Waals surface area contributed by atoms with Crippen molar-refractivity contribution in [2.45, 2.75) is 58.0 Å². The Morgan fingerprint density at radius 1 is 1.52 bits per heavy atom. The molecule has 1 atom stereocenters. The van der Waals surface area contributed by atoms with Crippen LogP contribution in [0.15, 0.2) is 0 Å². The minimum atomic E-state index is -0.0535. The fourth-order valence-electron chi connectivity index (χ4n) is 2.85. The van der Waals surface area contributed by atoms with Crippen LogP contribution in [0.25, 0.3) is 0 Å². The number of likely N-dealkylation sites (N-methyl/N-ethyl adjacent to an activating group) is 1. The first-order chi connectivity index (χ1) is 10.2. The molecule has 1 amide bonds. The van der Waals surface area contributed by atoms with Crippen LogP contribution >= 0.6 is 11.6 Å². The van der Waals surface area contributed by atoms with E-state index < -0.39 is 0 Å². The summed E-state index contributed by atoms with van der Waals surface area (Å²) in [6.07, 6.45) is 6.31. The minimum absolute atomic E-state index is 0.0535. The Labute approximate surface area is 131 Å². The van der Waals surface area contributed by atoms with E-state index in [0.717, 1.165) is 56.6 Å². The van der Waals surface area contributed by atoms with E-state index in [-0.39, 0.29) is 11.9 Å². The number of nitrogens with zero attached hydrogens (tertiary/aromatic N) is 2. The van der Waals surface area contributed by atoms with E-state index in [4.69, 9.17) is 11.6 Å². The fourth-order valence-corrected chi connectivity index (χ4v) is 3.06. The Kier molecular flexibility index (Phi) is 6.06. The predicted molar refractivity (Wildman–Crippen MR) is 84.3 cm³/mol. The average Bonchev–Trinajstić information content (AvgIpc) is 2.85. The lowest BCUT2D eigenvalue weighted by Crippen LogP contribution is -2.48. The summed E-state index contributed by atoms with van der Waals surface area (Å²) >= 11 is 6.23. The molecule has 0 aromatic carbocycles. The third kappa shape index (κ3) is 4.20. The zero-order valence-corrected chi connectivity index (χ0v) is 13.7. The van der Waals surface area contributed by atoms with Crippen LogP contribution in [0.2, 0.25) is 5.15 Å². The van der Waals surface area contributed by atoms with Crippen molar-refractivity contribution in [1.82, 2.24) is 20.2 Å². The van der Waals surface area contributed by atoms with Crippen LogP contribution in [0.5, 0.6) is 0 Å². The maximum absolute atomic E-state index is 12.0. The first kappa shape index (κ1) is 16.3. The molecular weight excluding hydrogens is 288 g/mol. The number of hydrogen-bond acceptors (Lipinski definition) is 3. The third-order valence-corrected chi connectivity index (χ3v) is 4.38. The highest BCUT2D eigenvalue weighted by Gasteiger charge is 2.28.